The molecule has 4 heteroatoms. The molecule has 0 spiro atoms. The molecule has 3 N–H and O–H groups in total. The topological polar surface area (TPSA) is 62.8 Å². The molecule has 1 aromatic rings. The van der Waals surface area contributed by atoms with E-state index in [4.69, 9.17) is 22.7 Å². The smallest absolute Gasteiger partial charge is 0.129 e. The second-order valence-electron chi connectivity index (χ2n) is 2.22. The summed E-state index contributed by atoms with van der Waals surface area (Å²) in [6.07, 6.45) is 1.45. The van der Waals surface area contributed by atoms with Crippen molar-refractivity contribution in [2.24, 2.45) is 0 Å². The van der Waals surface area contributed by atoms with E-state index < -0.39 is 0 Å². The molecule has 0 radical (unpaired) electrons. The summed E-state index contributed by atoms with van der Waals surface area (Å²) >= 11 is 5.60. The van der Waals surface area contributed by atoms with E-state index in [2.05, 4.69) is 4.98 Å². The Morgan fingerprint density at radius 3 is 2.46 bits per heavy atom. The zero-order chi connectivity index (χ0) is 10.4. The van der Waals surface area contributed by atoms with Gasteiger partial charge in [-0.15, -0.1) is 0 Å². The number of rotatable bonds is 1. The molecule has 0 saturated carbocycles. The van der Waals surface area contributed by atoms with Crippen LogP contribution in [0.1, 0.15) is 26.3 Å². The summed E-state index contributed by atoms with van der Waals surface area (Å²) in [5, 5.41) is 7.67. The van der Waals surface area contributed by atoms with E-state index in [1.165, 1.54) is 6.20 Å². The quantitative estimate of drug-likeness (QED) is 0.540. The molecule has 0 aliphatic rings. The highest BCUT2D eigenvalue weighted by Gasteiger charge is 2.01. The highest BCUT2D eigenvalue weighted by molar-refractivity contribution is 6.29. The number of pyridine rings is 1. The van der Waals surface area contributed by atoms with Gasteiger partial charge in [0.05, 0.1) is 11.9 Å². The monoisotopic (exact) mass is 199 g/mol. The van der Waals surface area contributed by atoms with Gasteiger partial charge in [-0.05, 0) is 13.0 Å². The molecule has 0 atom stereocenters. The van der Waals surface area contributed by atoms with Gasteiger partial charge in [0.1, 0.15) is 5.15 Å². The Labute approximate surface area is 83.4 Å². The van der Waals surface area contributed by atoms with Gasteiger partial charge in [0.25, 0.3) is 0 Å². The molecule has 13 heavy (non-hydrogen) atoms. The van der Waals surface area contributed by atoms with E-state index in [0.717, 1.165) is 0 Å². The number of nitrogens with zero attached hydrogens (tertiary/aromatic N) is 1. The van der Waals surface area contributed by atoms with Crippen molar-refractivity contribution in [3.05, 3.63) is 23.0 Å². The van der Waals surface area contributed by atoms with Gasteiger partial charge in [0.2, 0.25) is 0 Å². The first kappa shape index (κ1) is 11.9. The summed E-state index contributed by atoms with van der Waals surface area (Å²) in [7, 11) is 0. The van der Waals surface area contributed by atoms with Crippen LogP contribution in [0.25, 0.3) is 0 Å². The normalized spacial score (nSPS) is 8.62. The molecule has 0 fully saturated rings. The molecule has 0 unspecified atom stereocenters. The van der Waals surface area contributed by atoms with Crippen LogP contribution in [0, 0.1) is 5.41 Å². The van der Waals surface area contributed by atoms with Gasteiger partial charge in [-0.3, -0.25) is 0 Å². The molecule has 0 aromatic carbocycles. The summed E-state index contributed by atoms with van der Waals surface area (Å²) < 4.78 is 0. The third-order valence-corrected chi connectivity index (χ3v) is 1.51. The largest absolute Gasteiger partial charge is 0.397 e. The maximum atomic E-state index is 7.31. The van der Waals surface area contributed by atoms with E-state index >= 15 is 0 Å². The molecule has 1 rings (SSSR count). The fraction of sp³-hybridized carbons (Fsp3) is 0.333. The first-order valence-corrected chi connectivity index (χ1v) is 4.45. The number of nitrogens with two attached hydrogens (primary N) is 1. The van der Waals surface area contributed by atoms with Gasteiger partial charge in [0.15, 0.2) is 0 Å². The number of hydrogen-bond donors (Lipinski definition) is 2. The van der Waals surface area contributed by atoms with Crippen molar-refractivity contribution in [2.45, 2.75) is 20.8 Å². The fourth-order valence-electron chi connectivity index (χ4n) is 0.765. The number of halogens is 1. The van der Waals surface area contributed by atoms with E-state index in [1.807, 2.05) is 13.8 Å². The van der Waals surface area contributed by atoms with Gasteiger partial charge in [-0.1, -0.05) is 25.4 Å². The van der Waals surface area contributed by atoms with Crippen LogP contribution in [0.2, 0.25) is 5.15 Å². The van der Waals surface area contributed by atoms with E-state index in [1.54, 1.807) is 13.0 Å². The average molecular weight is 200 g/mol. The minimum atomic E-state index is 0.362. The Hall–Kier alpha value is -1.09. The molecule has 1 aromatic heterocycles. The molecule has 1 heterocycles. The van der Waals surface area contributed by atoms with Crippen molar-refractivity contribution in [1.29, 1.82) is 5.41 Å². The molecular weight excluding hydrogens is 186 g/mol. The summed E-state index contributed by atoms with van der Waals surface area (Å²) in [4.78, 5) is 3.77. The number of nitrogens with one attached hydrogen (secondary N) is 1. The van der Waals surface area contributed by atoms with Crippen LogP contribution in [0.3, 0.4) is 0 Å². The zero-order valence-electron chi connectivity index (χ0n) is 8.06. The lowest BCUT2D eigenvalue weighted by atomic mass is 10.1. The number of hydrogen-bond acceptors (Lipinski definition) is 3. The van der Waals surface area contributed by atoms with Crippen LogP contribution in [0.4, 0.5) is 5.69 Å². The lowest BCUT2D eigenvalue weighted by molar-refractivity contribution is 1.31. The van der Waals surface area contributed by atoms with Crippen molar-refractivity contribution in [3.8, 4) is 0 Å². The van der Waals surface area contributed by atoms with Crippen molar-refractivity contribution < 1.29 is 0 Å². The number of anilines is 1. The molecule has 0 bridgehead atoms. The Kier molecular flexibility index (Phi) is 5.07. The van der Waals surface area contributed by atoms with E-state index in [9.17, 15) is 0 Å². The van der Waals surface area contributed by atoms with Gasteiger partial charge in [-0.25, -0.2) is 4.98 Å². The first-order chi connectivity index (χ1) is 6.11. The summed E-state index contributed by atoms with van der Waals surface area (Å²) in [5.74, 6) is 0. The van der Waals surface area contributed by atoms with Crippen molar-refractivity contribution >= 4 is 23.0 Å². The van der Waals surface area contributed by atoms with Gasteiger partial charge in [-0.2, -0.15) is 0 Å². The fourth-order valence-corrected chi connectivity index (χ4v) is 0.923. The minimum absolute atomic E-state index is 0.362. The predicted octanol–water partition coefficient (Wildman–Crippen LogP) is 2.73. The van der Waals surface area contributed by atoms with Crippen LogP contribution in [-0.2, 0) is 0 Å². The third-order valence-electron chi connectivity index (χ3n) is 1.31. The van der Waals surface area contributed by atoms with Crippen LogP contribution < -0.4 is 5.73 Å². The highest BCUT2D eigenvalue weighted by Crippen LogP contribution is 2.14. The van der Waals surface area contributed by atoms with E-state index in [0.29, 0.717) is 22.1 Å². The Balaban J connectivity index is 0.000000671. The number of nitrogen functional groups attached to an aromatic ring is 1. The first-order valence-electron chi connectivity index (χ1n) is 4.08. The van der Waals surface area contributed by atoms with Crippen LogP contribution in [0.15, 0.2) is 12.3 Å². The molecule has 72 valence electrons. The zero-order valence-corrected chi connectivity index (χ0v) is 8.81. The number of aromatic nitrogens is 1. The van der Waals surface area contributed by atoms with Gasteiger partial charge >= 0.3 is 0 Å². The molecule has 0 saturated heterocycles. The second kappa shape index (κ2) is 5.54. The third kappa shape index (κ3) is 3.42. The second-order valence-corrected chi connectivity index (χ2v) is 2.61. The summed E-state index contributed by atoms with van der Waals surface area (Å²) in [6.45, 7) is 5.65. The van der Waals surface area contributed by atoms with Gasteiger partial charge < -0.3 is 11.1 Å². The average Bonchev–Trinajstić information content (AvgIpc) is 2.12. The van der Waals surface area contributed by atoms with Crippen LogP contribution >= 0.6 is 11.6 Å². The molecule has 0 aliphatic carbocycles. The standard InChI is InChI=1S/C7H8ClN3.C2H6/c1-4(9)5-2-7(8)11-3-6(5)10;1-2/h2-3,9H,10H2,1H3;1-2H3. The summed E-state index contributed by atoms with van der Waals surface area (Å²) in [5.41, 5.74) is 7.05. The Morgan fingerprint density at radius 2 is 2.08 bits per heavy atom. The SMILES string of the molecule is CC.CC(=N)c1cc(Cl)ncc1N. The Morgan fingerprint density at radius 1 is 1.54 bits per heavy atom. The Bertz CT molecular complexity index is 297. The molecule has 0 amide bonds. The lowest BCUT2D eigenvalue weighted by Gasteiger charge is -2.01. The van der Waals surface area contributed by atoms with Crippen molar-refractivity contribution in [3.63, 3.8) is 0 Å². The van der Waals surface area contributed by atoms with Gasteiger partial charge in [0, 0.05) is 11.3 Å². The molecule has 3 nitrogen and oxygen atoms in total. The minimum Gasteiger partial charge on any atom is -0.397 e. The predicted molar refractivity (Wildman–Crippen MR) is 57.5 cm³/mol. The maximum absolute atomic E-state index is 7.31. The lowest BCUT2D eigenvalue weighted by Crippen LogP contribution is -2.00. The van der Waals surface area contributed by atoms with Crippen molar-refractivity contribution in [2.75, 3.05) is 5.73 Å². The van der Waals surface area contributed by atoms with Crippen LogP contribution in [-0.4, -0.2) is 10.7 Å². The van der Waals surface area contributed by atoms with Crippen molar-refractivity contribution in [1.82, 2.24) is 4.98 Å². The molecular formula is C9H14ClN3. The summed E-state index contributed by atoms with van der Waals surface area (Å²) in [6, 6.07) is 1.58. The molecule has 0 aliphatic heterocycles. The van der Waals surface area contributed by atoms with Crippen LogP contribution in [0.5, 0.6) is 0 Å². The maximum Gasteiger partial charge on any atom is 0.129 e. The van der Waals surface area contributed by atoms with E-state index in [-0.39, 0.29) is 0 Å². The highest BCUT2D eigenvalue weighted by atomic mass is 35.5.